The average Bonchev–Trinajstić information content (AvgIpc) is 1.95. The Morgan fingerprint density at radius 2 is 1.92 bits per heavy atom. The zero-order chi connectivity index (χ0) is 9.61. The van der Waals surface area contributed by atoms with Gasteiger partial charge in [-0.2, -0.15) is 0 Å². The third-order valence-electron chi connectivity index (χ3n) is 2.32. The normalized spacial score (nSPS) is 14.3. The molecule has 0 N–H and O–H groups in total. The van der Waals surface area contributed by atoms with Crippen LogP contribution in [-0.4, -0.2) is 11.6 Å². The van der Waals surface area contributed by atoms with E-state index >= 15 is 0 Å². The maximum atomic E-state index is 10.2. The molecule has 0 amide bonds. The molecule has 0 aromatic rings. The minimum atomic E-state index is 0.330. The van der Waals surface area contributed by atoms with E-state index in [1.54, 1.807) is 0 Å². The quantitative estimate of drug-likeness (QED) is 0.527. The van der Waals surface area contributed by atoms with Crippen LogP contribution in [0.4, 0.5) is 0 Å². The van der Waals surface area contributed by atoms with E-state index in [9.17, 15) is 4.79 Å². The Kier molecular flexibility index (Phi) is 5.81. The summed E-state index contributed by atoms with van der Waals surface area (Å²) in [6.07, 6.45) is 3.91. The summed E-state index contributed by atoms with van der Waals surface area (Å²) in [5, 5.41) is 1.04. The molecule has 0 fully saturated rings. The van der Waals surface area contributed by atoms with E-state index in [4.69, 9.17) is 0 Å². The van der Waals surface area contributed by atoms with Crippen LogP contribution >= 0.6 is 15.9 Å². The number of halogens is 1. The van der Waals surface area contributed by atoms with Gasteiger partial charge in [-0.25, -0.2) is 0 Å². The standard InChI is InChI=1S/C10H19BrO/c1-10(2,3)9(6-7-11)5-4-8-12/h8-9H,4-7H2,1-3H3. The lowest BCUT2D eigenvalue weighted by Crippen LogP contribution is -2.21. The molecule has 0 spiro atoms. The number of hydrogen-bond acceptors (Lipinski definition) is 1. The number of carbonyl (C=O) groups is 1. The number of hydrogen-bond donors (Lipinski definition) is 0. The molecule has 0 saturated heterocycles. The fraction of sp³-hybridized carbons (Fsp3) is 0.900. The molecule has 12 heavy (non-hydrogen) atoms. The Morgan fingerprint density at radius 3 is 2.25 bits per heavy atom. The fourth-order valence-corrected chi connectivity index (χ4v) is 1.96. The highest BCUT2D eigenvalue weighted by molar-refractivity contribution is 9.09. The summed E-state index contributed by atoms with van der Waals surface area (Å²) in [7, 11) is 0. The summed E-state index contributed by atoms with van der Waals surface area (Å²) in [6, 6.07) is 0. The summed E-state index contributed by atoms with van der Waals surface area (Å²) in [5.41, 5.74) is 0.330. The number of rotatable bonds is 5. The van der Waals surface area contributed by atoms with Gasteiger partial charge < -0.3 is 4.79 Å². The number of carbonyl (C=O) groups excluding carboxylic acids is 1. The first-order chi connectivity index (χ1) is 5.52. The lowest BCUT2D eigenvalue weighted by molar-refractivity contribution is -0.108. The van der Waals surface area contributed by atoms with Crippen molar-refractivity contribution in [3.8, 4) is 0 Å². The van der Waals surface area contributed by atoms with Gasteiger partial charge in [0.05, 0.1) is 0 Å². The molecule has 0 aliphatic carbocycles. The van der Waals surface area contributed by atoms with E-state index in [2.05, 4.69) is 36.7 Å². The van der Waals surface area contributed by atoms with Crippen molar-refractivity contribution < 1.29 is 4.79 Å². The molecule has 1 atom stereocenters. The van der Waals surface area contributed by atoms with Crippen LogP contribution in [0.3, 0.4) is 0 Å². The van der Waals surface area contributed by atoms with Crippen molar-refractivity contribution in [1.82, 2.24) is 0 Å². The first-order valence-electron chi connectivity index (χ1n) is 4.52. The predicted molar refractivity (Wildman–Crippen MR) is 56.7 cm³/mol. The van der Waals surface area contributed by atoms with Crippen LogP contribution in [0.2, 0.25) is 0 Å². The monoisotopic (exact) mass is 234 g/mol. The molecule has 2 heteroatoms. The molecule has 0 heterocycles. The van der Waals surface area contributed by atoms with Gasteiger partial charge in [0.2, 0.25) is 0 Å². The van der Waals surface area contributed by atoms with Gasteiger partial charge in [0, 0.05) is 11.8 Å². The molecule has 1 nitrogen and oxygen atoms in total. The smallest absolute Gasteiger partial charge is 0.120 e. The maximum absolute atomic E-state index is 10.2. The predicted octanol–water partition coefficient (Wildman–Crippen LogP) is 3.41. The minimum Gasteiger partial charge on any atom is -0.303 e. The average molecular weight is 235 g/mol. The van der Waals surface area contributed by atoms with Gasteiger partial charge in [0.15, 0.2) is 0 Å². The van der Waals surface area contributed by atoms with Crippen molar-refractivity contribution >= 4 is 22.2 Å². The first-order valence-corrected chi connectivity index (χ1v) is 5.64. The van der Waals surface area contributed by atoms with Gasteiger partial charge in [-0.1, -0.05) is 36.7 Å². The van der Waals surface area contributed by atoms with Crippen LogP contribution in [-0.2, 0) is 4.79 Å². The van der Waals surface area contributed by atoms with E-state index in [1.807, 2.05) is 0 Å². The van der Waals surface area contributed by atoms with Crippen molar-refractivity contribution in [2.24, 2.45) is 11.3 Å². The summed E-state index contributed by atoms with van der Waals surface area (Å²) >= 11 is 3.45. The van der Waals surface area contributed by atoms with Crippen molar-refractivity contribution in [2.45, 2.75) is 40.0 Å². The highest BCUT2D eigenvalue weighted by Crippen LogP contribution is 2.32. The Balaban J connectivity index is 3.94. The van der Waals surface area contributed by atoms with Crippen LogP contribution in [0.1, 0.15) is 40.0 Å². The molecule has 72 valence electrons. The third kappa shape index (κ3) is 4.91. The molecule has 0 aliphatic rings. The Hall–Kier alpha value is 0.150. The van der Waals surface area contributed by atoms with Gasteiger partial charge in [-0.3, -0.25) is 0 Å². The van der Waals surface area contributed by atoms with Gasteiger partial charge in [-0.15, -0.1) is 0 Å². The maximum Gasteiger partial charge on any atom is 0.120 e. The highest BCUT2D eigenvalue weighted by atomic mass is 79.9. The zero-order valence-corrected chi connectivity index (χ0v) is 9.86. The van der Waals surface area contributed by atoms with E-state index < -0.39 is 0 Å². The minimum absolute atomic E-state index is 0.330. The lowest BCUT2D eigenvalue weighted by Gasteiger charge is -2.29. The largest absolute Gasteiger partial charge is 0.303 e. The van der Waals surface area contributed by atoms with Crippen molar-refractivity contribution in [3.05, 3.63) is 0 Å². The Bertz CT molecular complexity index is 126. The van der Waals surface area contributed by atoms with Gasteiger partial charge >= 0.3 is 0 Å². The molecule has 0 aromatic carbocycles. The Morgan fingerprint density at radius 1 is 1.33 bits per heavy atom. The van der Waals surface area contributed by atoms with Crippen molar-refractivity contribution in [2.75, 3.05) is 5.33 Å². The third-order valence-corrected chi connectivity index (χ3v) is 2.77. The second-order valence-electron chi connectivity index (χ2n) is 4.28. The van der Waals surface area contributed by atoms with E-state index in [0.717, 1.165) is 24.5 Å². The fourth-order valence-electron chi connectivity index (χ4n) is 1.41. The SMILES string of the molecule is CC(C)(C)C(CCBr)CCC=O. The topological polar surface area (TPSA) is 17.1 Å². The highest BCUT2D eigenvalue weighted by Gasteiger charge is 2.22. The summed E-state index contributed by atoms with van der Waals surface area (Å²) in [4.78, 5) is 10.2. The molecule has 1 unspecified atom stereocenters. The molecule has 0 radical (unpaired) electrons. The molecule has 0 aromatic heterocycles. The van der Waals surface area contributed by atoms with Crippen molar-refractivity contribution in [1.29, 1.82) is 0 Å². The van der Waals surface area contributed by atoms with Crippen LogP contribution in [0.5, 0.6) is 0 Å². The molecule has 0 saturated carbocycles. The van der Waals surface area contributed by atoms with Crippen LogP contribution in [0.25, 0.3) is 0 Å². The van der Waals surface area contributed by atoms with Gasteiger partial charge in [-0.05, 0) is 24.2 Å². The van der Waals surface area contributed by atoms with Crippen molar-refractivity contribution in [3.63, 3.8) is 0 Å². The van der Waals surface area contributed by atoms with Crippen LogP contribution in [0, 0.1) is 11.3 Å². The van der Waals surface area contributed by atoms with Crippen LogP contribution in [0.15, 0.2) is 0 Å². The number of alkyl halides is 1. The molecule has 0 rings (SSSR count). The molecule has 0 bridgehead atoms. The first kappa shape index (κ1) is 12.2. The zero-order valence-electron chi connectivity index (χ0n) is 8.27. The summed E-state index contributed by atoms with van der Waals surface area (Å²) < 4.78 is 0. The summed E-state index contributed by atoms with van der Waals surface area (Å²) in [6.45, 7) is 6.72. The molecule has 0 aliphatic heterocycles. The van der Waals surface area contributed by atoms with E-state index in [-0.39, 0.29) is 0 Å². The second-order valence-corrected chi connectivity index (χ2v) is 5.08. The molecular weight excluding hydrogens is 216 g/mol. The van der Waals surface area contributed by atoms with Crippen LogP contribution < -0.4 is 0 Å². The second kappa shape index (κ2) is 5.74. The Labute approximate surface area is 84.1 Å². The van der Waals surface area contributed by atoms with E-state index in [1.165, 1.54) is 0 Å². The van der Waals surface area contributed by atoms with E-state index in [0.29, 0.717) is 17.8 Å². The van der Waals surface area contributed by atoms with Gasteiger partial charge in [0.1, 0.15) is 6.29 Å². The number of aldehydes is 1. The van der Waals surface area contributed by atoms with Gasteiger partial charge in [0.25, 0.3) is 0 Å². The summed E-state index contributed by atoms with van der Waals surface area (Å²) in [5.74, 6) is 0.655. The lowest BCUT2D eigenvalue weighted by atomic mass is 9.77. The molecular formula is C10H19BrO.